The van der Waals surface area contributed by atoms with Gasteiger partial charge >= 0.3 is 0 Å². The van der Waals surface area contributed by atoms with Crippen LogP contribution in [0.15, 0.2) is 49.1 Å². The van der Waals surface area contributed by atoms with Gasteiger partial charge in [-0.25, -0.2) is 9.13 Å². The van der Waals surface area contributed by atoms with E-state index in [4.69, 9.17) is 0 Å². The molecule has 2 aromatic heterocycles. The fourth-order valence-electron chi connectivity index (χ4n) is 2.11. The van der Waals surface area contributed by atoms with Crippen molar-refractivity contribution in [3.8, 4) is 11.1 Å². The molecule has 2 rings (SSSR count). The van der Waals surface area contributed by atoms with Crippen molar-refractivity contribution in [3.05, 3.63) is 49.1 Å². The van der Waals surface area contributed by atoms with E-state index in [0.29, 0.717) is 0 Å². The van der Waals surface area contributed by atoms with E-state index in [-0.39, 0.29) is 9.41 Å². The van der Waals surface area contributed by atoms with Crippen molar-refractivity contribution in [1.82, 2.24) is 0 Å². The molecule has 0 amide bonds. The highest BCUT2D eigenvalue weighted by Gasteiger charge is 2.04. The summed E-state index contributed by atoms with van der Waals surface area (Å²) in [6.45, 7) is 6.58. The minimum atomic E-state index is 0. The predicted octanol–water partition coefficient (Wildman–Crippen LogP) is -3.24. The van der Waals surface area contributed by atoms with Crippen LogP contribution < -0.4 is 18.5 Å². The molecule has 0 spiro atoms. The molecule has 0 saturated carbocycles. The zero-order valence-corrected chi connectivity index (χ0v) is 12.1. The second-order valence-corrected chi connectivity index (χ2v) is 4.65. The van der Waals surface area contributed by atoms with E-state index in [9.17, 15) is 0 Å². The van der Waals surface area contributed by atoms with Gasteiger partial charge in [0.1, 0.15) is 13.1 Å². The Kier molecular flexibility index (Phi) is 8.29. The van der Waals surface area contributed by atoms with Gasteiger partial charge in [0.05, 0.1) is 0 Å². The highest BCUT2D eigenvalue weighted by molar-refractivity contribution is 5.60. The first kappa shape index (κ1) is 18.2. The normalized spacial score (nSPS) is 9.50. The fraction of sp³-hybridized carbons (Fsp3) is 0.375. The summed E-state index contributed by atoms with van der Waals surface area (Å²) in [6.07, 6.45) is 11.0. The molecule has 2 aromatic rings. The molecular weight excluding hydrogens is 258 g/mol. The van der Waals surface area contributed by atoms with Gasteiger partial charge in [-0.1, -0.05) is 13.8 Å². The molecule has 2 heterocycles. The Balaban J connectivity index is 0.00000180. The van der Waals surface area contributed by atoms with Crippen LogP contribution in [-0.4, -0.2) is 0 Å². The van der Waals surface area contributed by atoms with Gasteiger partial charge in [-0.05, 0) is 11.1 Å². The van der Waals surface area contributed by atoms with Crippen molar-refractivity contribution in [2.24, 2.45) is 0 Å². The summed E-state index contributed by atoms with van der Waals surface area (Å²) in [6, 6.07) is 8.76. The van der Waals surface area contributed by atoms with Gasteiger partial charge < -0.3 is 9.41 Å². The van der Waals surface area contributed by atoms with Gasteiger partial charge in [0.25, 0.3) is 0 Å². The summed E-state index contributed by atoms with van der Waals surface area (Å²) in [4.78, 5) is 0. The van der Waals surface area contributed by atoms with Gasteiger partial charge in [-0.2, -0.15) is 0 Å². The average molecular weight is 280 g/mol. The number of rotatable bonds is 5. The molecule has 0 aromatic carbocycles. The third kappa shape index (κ3) is 4.68. The average Bonchev–Trinajstić information content (AvgIpc) is 2.41. The van der Waals surface area contributed by atoms with Gasteiger partial charge in [0.2, 0.25) is 0 Å². The number of pyridine rings is 2. The predicted molar refractivity (Wildman–Crippen MR) is 72.9 cm³/mol. The Labute approximate surface area is 119 Å². The second-order valence-electron chi connectivity index (χ2n) is 4.65. The lowest BCUT2D eigenvalue weighted by Crippen LogP contribution is -3.00. The van der Waals surface area contributed by atoms with Crippen LogP contribution in [0.25, 0.3) is 11.1 Å². The topological polar surface area (TPSA) is 7.76 Å². The Morgan fingerprint density at radius 2 is 0.950 bits per heavy atom. The van der Waals surface area contributed by atoms with Crippen LogP contribution in [0, 0.1) is 0 Å². The lowest BCUT2D eigenvalue weighted by molar-refractivity contribution is -0.697. The van der Waals surface area contributed by atoms with E-state index in [0.717, 1.165) is 13.1 Å². The van der Waals surface area contributed by atoms with E-state index >= 15 is 0 Å². The van der Waals surface area contributed by atoms with Gasteiger partial charge in [0, 0.05) is 37.1 Å². The lowest BCUT2D eigenvalue weighted by atomic mass is 10.1. The molecule has 0 atom stereocenters. The summed E-state index contributed by atoms with van der Waals surface area (Å²) in [5.74, 6) is 0. The molecular formula is C16H22F2N2. The molecule has 0 radical (unpaired) electrons. The molecule has 0 saturated heterocycles. The Morgan fingerprint density at radius 1 is 0.650 bits per heavy atom. The number of aromatic nitrogens is 2. The molecule has 0 aliphatic carbocycles. The molecule has 0 unspecified atom stereocenters. The van der Waals surface area contributed by atoms with Crippen LogP contribution in [-0.2, 0) is 13.1 Å². The molecule has 20 heavy (non-hydrogen) atoms. The van der Waals surface area contributed by atoms with Gasteiger partial charge in [-0.3, -0.25) is 0 Å². The van der Waals surface area contributed by atoms with Crippen LogP contribution >= 0.6 is 0 Å². The molecule has 0 fully saturated rings. The largest absolute Gasteiger partial charge is 1.00 e. The van der Waals surface area contributed by atoms with Crippen molar-refractivity contribution in [2.75, 3.05) is 0 Å². The van der Waals surface area contributed by atoms with E-state index in [1.165, 1.54) is 24.0 Å². The SMILES string of the molecule is CCC[n+]1ccc(-c2cc[n+](CCC)cc2)cc1.[F-].[F-]. The van der Waals surface area contributed by atoms with Crippen LogP contribution in [0.1, 0.15) is 26.7 Å². The van der Waals surface area contributed by atoms with Crippen LogP contribution in [0.2, 0.25) is 0 Å². The van der Waals surface area contributed by atoms with Crippen molar-refractivity contribution in [2.45, 2.75) is 39.8 Å². The molecule has 0 aliphatic rings. The molecule has 0 aliphatic heterocycles. The molecule has 0 bridgehead atoms. The van der Waals surface area contributed by atoms with Crippen LogP contribution in [0.5, 0.6) is 0 Å². The second kappa shape index (κ2) is 9.13. The third-order valence-electron chi connectivity index (χ3n) is 3.08. The Hall–Kier alpha value is -1.84. The summed E-state index contributed by atoms with van der Waals surface area (Å²) in [5.41, 5.74) is 2.57. The zero-order chi connectivity index (χ0) is 12.8. The maximum Gasteiger partial charge on any atom is 0.169 e. The summed E-state index contributed by atoms with van der Waals surface area (Å²) < 4.78 is 4.45. The fourth-order valence-corrected chi connectivity index (χ4v) is 2.11. The third-order valence-corrected chi connectivity index (χ3v) is 3.08. The maximum absolute atomic E-state index is 2.23. The zero-order valence-electron chi connectivity index (χ0n) is 12.1. The highest BCUT2D eigenvalue weighted by atomic mass is 19.0. The van der Waals surface area contributed by atoms with Gasteiger partial charge in [0.15, 0.2) is 24.8 Å². The minimum Gasteiger partial charge on any atom is -1.00 e. The number of nitrogens with zero attached hydrogens (tertiary/aromatic N) is 2. The number of hydrogen-bond donors (Lipinski definition) is 0. The van der Waals surface area contributed by atoms with Crippen LogP contribution in [0.3, 0.4) is 0 Å². The summed E-state index contributed by atoms with van der Waals surface area (Å²) >= 11 is 0. The summed E-state index contributed by atoms with van der Waals surface area (Å²) in [5, 5.41) is 0. The van der Waals surface area contributed by atoms with Crippen molar-refractivity contribution in [3.63, 3.8) is 0 Å². The highest BCUT2D eigenvalue weighted by Crippen LogP contribution is 2.15. The van der Waals surface area contributed by atoms with Crippen LogP contribution in [0.4, 0.5) is 0 Å². The standard InChI is InChI=1S/C16H22N2.2FH/c1-3-9-17-11-5-15(6-12-17)16-7-13-18(10-4-2)14-8-16;;/h5-8,11-14H,3-4,9-10H2,1-2H3;2*1H/q+2;;/p-2. The number of aryl methyl sites for hydroxylation is 2. The monoisotopic (exact) mass is 280 g/mol. The first-order chi connectivity index (χ1) is 8.83. The van der Waals surface area contributed by atoms with Crippen molar-refractivity contribution >= 4 is 0 Å². The lowest BCUT2D eigenvalue weighted by Gasteiger charge is -2.00. The minimum absolute atomic E-state index is 0. The quantitative estimate of drug-likeness (QED) is 0.509. The van der Waals surface area contributed by atoms with Crippen molar-refractivity contribution < 1.29 is 18.5 Å². The van der Waals surface area contributed by atoms with Gasteiger partial charge in [-0.15, -0.1) is 0 Å². The molecule has 0 N–H and O–H groups in total. The smallest absolute Gasteiger partial charge is 0.169 e. The Bertz CT molecular complexity index is 433. The summed E-state index contributed by atoms with van der Waals surface area (Å²) in [7, 11) is 0. The number of halogens is 2. The molecule has 110 valence electrons. The molecule has 4 heteroatoms. The van der Waals surface area contributed by atoms with Crippen molar-refractivity contribution in [1.29, 1.82) is 0 Å². The number of hydrogen-bond acceptors (Lipinski definition) is 0. The Morgan fingerprint density at radius 3 is 1.20 bits per heavy atom. The molecule has 2 nitrogen and oxygen atoms in total. The van der Waals surface area contributed by atoms with E-state index in [1.54, 1.807) is 0 Å². The van der Waals surface area contributed by atoms with E-state index in [2.05, 4.69) is 72.0 Å². The van der Waals surface area contributed by atoms with E-state index in [1.807, 2.05) is 0 Å². The first-order valence-corrected chi connectivity index (χ1v) is 6.82. The first-order valence-electron chi connectivity index (χ1n) is 6.82. The van der Waals surface area contributed by atoms with E-state index < -0.39 is 0 Å². The maximum atomic E-state index is 2.23.